The van der Waals surface area contributed by atoms with Gasteiger partial charge in [-0.2, -0.15) is 5.10 Å². The number of halogens is 1. The van der Waals surface area contributed by atoms with Crippen LogP contribution in [0.5, 0.6) is 0 Å². The summed E-state index contributed by atoms with van der Waals surface area (Å²) in [5, 5.41) is 7.07. The number of rotatable bonds is 5. The van der Waals surface area contributed by atoms with E-state index in [1.165, 1.54) is 11.8 Å². The summed E-state index contributed by atoms with van der Waals surface area (Å²) in [7, 11) is 0. The lowest BCUT2D eigenvalue weighted by Crippen LogP contribution is -2.31. The van der Waals surface area contributed by atoms with Crippen LogP contribution in [0, 0.1) is 0 Å². The number of aromatic nitrogens is 2. The van der Waals surface area contributed by atoms with Crippen molar-refractivity contribution in [2.45, 2.75) is 23.2 Å². The summed E-state index contributed by atoms with van der Waals surface area (Å²) in [5.74, 6) is -0.661. The number of thioether (sulfide) groups is 1. The summed E-state index contributed by atoms with van der Waals surface area (Å²) >= 11 is 7.28. The van der Waals surface area contributed by atoms with Gasteiger partial charge in [0.05, 0.1) is 29.2 Å². The first-order valence-corrected chi connectivity index (χ1v) is 9.86. The lowest BCUT2D eigenvalue weighted by Gasteiger charge is -2.23. The normalized spacial score (nSPS) is 15.6. The van der Waals surface area contributed by atoms with E-state index in [1.54, 1.807) is 23.0 Å². The second-order valence-electron chi connectivity index (χ2n) is 6.23. The van der Waals surface area contributed by atoms with Crippen LogP contribution in [0.1, 0.15) is 12.0 Å². The Bertz CT molecular complexity index is 1020. The van der Waals surface area contributed by atoms with Crippen molar-refractivity contribution in [2.24, 2.45) is 0 Å². The summed E-state index contributed by atoms with van der Waals surface area (Å²) in [6.07, 6.45) is 3.46. The molecule has 1 amide bonds. The van der Waals surface area contributed by atoms with Crippen molar-refractivity contribution in [1.29, 1.82) is 0 Å². The Morgan fingerprint density at radius 1 is 1.25 bits per heavy atom. The summed E-state index contributed by atoms with van der Waals surface area (Å²) < 4.78 is 7.05. The number of nitrogens with zero attached hydrogens (tertiary/aromatic N) is 2. The van der Waals surface area contributed by atoms with Gasteiger partial charge in [-0.05, 0) is 30.3 Å². The molecule has 1 aliphatic heterocycles. The zero-order valence-corrected chi connectivity index (χ0v) is 16.2. The van der Waals surface area contributed by atoms with E-state index in [2.05, 4.69) is 10.4 Å². The van der Waals surface area contributed by atoms with Gasteiger partial charge in [0.2, 0.25) is 5.91 Å². The van der Waals surface area contributed by atoms with Gasteiger partial charge in [-0.25, -0.2) is 4.68 Å². The lowest BCUT2D eigenvalue weighted by molar-refractivity contribution is -0.145. The number of benzene rings is 2. The van der Waals surface area contributed by atoms with E-state index in [9.17, 15) is 9.59 Å². The summed E-state index contributed by atoms with van der Waals surface area (Å²) in [5.41, 5.74) is 2.37. The van der Waals surface area contributed by atoms with E-state index < -0.39 is 11.2 Å². The fourth-order valence-corrected chi connectivity index (χ4v) is 4.04. The van der Waals surface area contributed by atoms with Crippen molar-refractivity contribution < 1.29 is 14.3 Å². The van der Waals surface area contributed by atoms with Crippen molar-refractivity contribution in [2.75, 3.05) is 5.32 Å². The molecule has 1 unspecified atom stereocenters. The number of carbonyl (C=O) groups is 2. The first-order valence-electron chi connectivity index (χ1n) is 8.60. The van der Waals surface area contributed by atoms with Crippen LogP contribution >= 0.6 is 23.4 Å². The maximum Gasteiger partial charge on any atom is 0.307 e. The molecule has 28 heavy (non-hydrogen) atoms. The highest BCUT2D eigenvalue weighted by molar-refractivity contribution is 8.01. The molecule has 0 spiro atoms. The smallest absolute Gasteiger partial charge is 0.307 e. The number of amides is 1. The Labute approximate surface area is 170 Å². The van der Waals surface area contributed by atoms with Crippen LogP contribution in [-0.2, 0) is 20.9 Å². The van der Waals surface area contributed by atoms with Crippen LogP contribution in [0.2, 0.25) is 5.02 Å². The standard InChI is InChI=1S/C20H16ClN3O3S/c21-14-6-7-17-16(8-14)23-20(26)18(28-17)9-19(25)27-12-13-10-22-24(11-13)15-4-2-1-3-5-15/h1-8,10-11,18H,9,12H2,(H,23,26). The van der Waals surface area contributed by atoms with Gasteiger partial charge in [0.1, 0.15) is 6.61 Å². The van der Waals surface area contributed by atoms with Crippen LogP contribution in [0.3, 0.4) is 0 Å². The Hall–Kier alpha value is -2.77. The molecule has 0 fully saturated rings. The average molecular weight is 414 g/mol. The molecule has 0 saturated carbocycles. The minimum atomic E-state index is -0.534. The molecule has 0 bridgehead atoms. The number of para-hydroxylation sites is 1. The molecular weight excluding hydrogens is 398 g/mol. The van der Waals surface area contributed by atoms with Crippen LogP contribution in [0.4, 0.5) is 5.69 Å². The number of hydrogen-bond donors (Lipinski definition) is 1. The highest BCUT2D eigenvalue weighted by Crippen LogP contribution is 2.38. The molecule has 2 heterocycles. The van der Waals surface area contributed by atoms with Crippen molar-refractivity contribution in [1.82, 2.24) is 9.78 Å². The molecule has 2 aromatic carbocycles. The molecule has 1 aromatic heterocycles. The SMILES string of the molecule is O=C(CC1Sc2ccc(Cl)cc2NC1=O)OCc1cnn(-c2ccccc2)c1. The Kier molecular flexibility index (Phi) is 5.36. The third kappa shape index (κ3) is 4.21. The highest BCUT2D eigenvalue weighted by atomic mass is 35.5. The fraction of sp³-hybridized carbons (Fsp3) is 0.150. The van der Waals surface area contributed by atoms with Crippen molar-refractivity contribution in [3.05, 3.63) is 71.5 Å². The van der Waals surface area contributed by atoms with E-state index in [0.29, 0.717) is 10.7 Å². The number of hydrogen-bond acceptors (Lipinski definition) is 5. The molecule has 142 valence electrons. The zero-order chi connectivity index (χ0) is 19.5. The molecule has 1 atom stereocenters. The van der Waals surface area contributed by atoms with Gasteiger partial charge in [0, 0.05) is 21.7 Å². The molecule has 0 aliphatic carbocycles. The van der Waals surface area contributed by atoms with Crippen molar-refractivity contribution in [3.63, 3.8) is 0 Å². The largest absolute Gasteiger partial charge is 0.461 e. The minimum Gasteiger partial charge on any atom is -0.461 e. The number of anilines is 1. The molecule has 4 rings (SSSR count). The molecule has 1 N–H and O–H groups in total. The molecule has 1 aliphatic rings. The van der Waals surface area contributed by atoms with Crippen molar-refractivity contribution >= 4 is 40.9 Å². The number of esters is 1. The Morgan fingerprint density at radius 2 is 2.07 bits per heavy atom. The van der Waals surface area contributed by atoms with Gasteiger partial charge in [0.15, 0.2) is 0 Å². The maximum atomic E-state index is 12.2. The molecule has 3 aromatic rings. The lowest BCUT2D eigenvalue weighted by atomic mass is 10.2. The first-order chi connectivity index (χ1) is 13.6. The molecular formula is C20H16ClN3O3S. The predicted molar refractivity (Wildman–Crippen MR) is 108 cm³/mol. The Balaban J connectivity index is 1.33. The highest BCUT2D eigenvalue weighted by Gasteiger charge is 2.29. The summed E-state index contributed by atoms with van der Waals surface area (Å²) in [4.78, 5) is 25.3. The number of ether oxygens (including phenoxy) is 1. The fourth-order valence-electron chi connectivity index (χ4n) is 2.79. The van der Waals surface area contributed by atoms with E-state index in [4.69, 9.17) is 16.3 Å². The minimum absolute atomic E-state index is 0.00854. The summed E-state index contributed by atoms with van der Waals surface area (Å²) in [6.45, 7) is 0.108. The van der Waals surface area contributed by atoms with Gasteiger partial charge in [-0.1, -0.05) is 29.8 Å². The third-order valence-electron chi connectivity index (χ3n) is 4.17. The van der Waals surface area contributed by atoms with E-state index in [-0.39, 0.29) is 18.9 Å². The first kappa shape index (κ1) is 18.6. The van der Waals surface area contributed by atoms with E-state index >= 15 is 0 Å². The quantitative estimate of drug-likeness (QED) is 0.638. The number of carbonyl (C=O) groups excluding carboxylic acids is 2. The maximum absolute atomic E-state index is 12.2. The van der Waals surface area contributed by atoms with Gasteiger partial charge < -0.3 is 10.1 Å². The second-order valence-corrected chi connectivity index (χ2v) is 7.91. The van der Waals surface area contributed by atoms with Crippen LogP contribution in [0.15, 0.2) is 65.8 Å². The second kappa shape index (κ2) is 8.08. The van der Waals surface area contributed by atoms with Crippen LogP contribution < -0.4 is 5.32 Å². The van der Waals surface area contributed by atoms with Gasteiger partial charge in [0.25, 0.3) is 0 Å². The zero-order valence-electron chi connectivity index (χ0n) is 14.7. The van der Waals surface area contributed by atoms with Gasteiger partial charge in [-0.15, -0.1) is 11.8 Å². The third-order valence-corrected chi connectivity index (χ3v) is 5.68. The van der Waals surface area contributed by atoms with Crippen LogP contribution in [0.25, 0.3) is 5.69 Å². The number of nitrogens with one attached hydrogen (secondary N) is 1. The molecule has 0 radical (unpaired) electrons. The van der Waals surface area contributed by atoms with Crippen molar-refractivity contribution in [3.8, 4) is 5.69 Å². The number of fused-ring (bicyclic) bond motifs is 1. The Morgan fingerprint density at radius 3 is 2.89 bits per heavy atom. The van der Waals surface area contributed by atoms with E-state index in [0.717, 1.165) is 16.1 Å². The molecule has 0 saturated heterocycles. The van der Waals surface area contributed by atoms with Gasteiger partial charge >= 0.3 is 5.97 Å². The van der Waals surface area contributed by atoms with Gasteiger partial charge in [-0.3, -0.25) is 9.59 Å². The summed E-state index contributed by atoms with van der Waals surface area (Å²) in [6, 6.07) is 14.9. The monoisotopic (exact) mass is 413 g/mol. The van der Waals surface area contributed by atoms with E-state index in [1.807, 2.05) is 42.6 Å². The topological polar surface area (TPSA) is 73.2 Å². The molecule has 6 nitrogen and oxygen atoms in total. The molecule has 8 heteroatoms. The average Bonchev–Trinajstić information content (AvgIpc) is 3.17. The predicted octanol–water partition coefficient (Wildman–Crippen LogP) is 4.07. The van der Waals surface area contributed by atoms with Crippen LogP contribution in [-0.4, -0.2) is 26.9 Å².